The van der Waals surface area contributed by atoms with Crippen LogP contribution in [0.1, 0.15) is 29.3 Å². The number of halogens is 2. The number of benzene rings is 2. The van der Waals surface area contributed by atoms with Gasteiger partial charge in [-0.1, -0.05) is 18.2 Å². The molecule has 0 aliphatic carbocycles. The van der Waals surface area contributed by atoms with Gasteiger partial charge >= 0.3 is 6.61 Å². The van der Waals surface area contributed by atoms with Crippen molar-refractivity contribution in [1.29, 1.82) is 0 Å². The minimum atomic E-state index is -3.05. The summed E-state index contributed by atoms with van der Waals surface area (Å²) in [5.74, 6) is -0.615. The zero-order valence-electron chi connectivity index (χ0n) is 18.8. The van der Waals surface area contributed by atoms with E-state index in [1.807, 2.05) is 6.92 Å². The molecule has 0 aromatic heterocycles. The molecule has 1 amide bonds. The lowest BCUT2D eigenvalue weighted by Gasteiger charge is -2.36. The molecule has 1 aliphatic heterocycles. The van der Waals surface area contributed by atoms with Crippen LogP contribution in [-0.4, -0.2) is 63.3 Å². The number of rotatable bonds is 9. The number of hydrogen-bond acceptors (Lipinski definition) is 5. The average Bonchev–Trinajstić information content (AvgIpc) is 2.77. The van der Waals surface area contributed by atoms with E-state index in [0.29, 0.717) is 0 Å². The first kappa shape index (κ1) is 23.8. The molecule has 2 aromatic rings. The van der Waals surface area contributed by atoms with Crippen LogP contribution in [0.3, 0.4) is 0 Å². The Kier molecular flexibility index (Phi) is 8.27. The number of anilines is 1. The molecule has 0 bridgehead atoms. The lowest BCUT2D eigenvalue weighted by atomic mass is 10.1. The van der Waals surface area contributed by atoms with Crippen LogP contribution < -0.4 is 19.7 Å². The summed E-state index contributed by atoms with van der Waals surface area (Å²) in [6.45, 7) is 5.65. The highest BCUT2D eigenvalue weighted by Crippen LogP contribution is 2.32. The van der Waals surface area contributed by atoms with E-state index in [1.54, 1.807) is 6.07 Å². The number of ether oxygens (including phenoxy) is 2. The van der Waals surface area contributed by atoms with Crippen molar-refractivity contribution in [3.63, 3.8) is 0 Å². The van der Waals surface area contributed by atoms with E-state index in [1.165, 1.54) is 30.5 Å². The molecule has 3 rings (SSSR count). The van der Waals surface area contributed by atoms with Crippen LogP contribution in [0.5, 0.6) is 11.5 Å². The fraction of sp³-hybridized carbons (Fsp3) is 0.458. The second-order valence-corrected chi connectivity index (χ2v) is 8.05. The molecule has 0 radical (unpaired) electrons. The predicted octanol–water partition coefficient (Wildman–Crippen LogP) is 3.94. The Hall–Kier alpha value is -2.87. The fourth-order valence-electron chi connectivity index (χ4n) is 3.87. The largest absolute Gasteiger partial charge is 0.493 e. The lowest BCUT2D eigenvalue weighted by Crippen LogP contribution is -2.47. The minimum Gasteiger partial charge on any atom is -0.493 e. The first-order valence-electron chi connectivity index (χ1n) is 10.8. The average molecular weight is 448 g/mol. The molecule has 1 N–H and O–H groups in total. The third-order valence-corrected chi connectivity index (χ3v) is 5.65. The summed E-state index contributed by atoms with van der Waals surface area (Å²) in [5, 5.41) is 2.89. The van der Waals surface area contributed by atoms with Crippen LogP contribution in [0.2, 0.25) is 0 Å². The Labute approximate surface area is 188 Å². The zero-order chi connectivity index (χ0) is 23.1. The van der Waals surface area contributed by atoms with Gasteiger partial charge in [0.2, 0.25) is 0 Å². The van der Waals surface area contributed by atoms with Crippen molar-refractivity contribution in [3.05, 3.63) is 53.6 Å². The number of aryl methyl sites for hydroxylation is 1. The number of methoxy groups -OCH3 is 1. The second-order valence-electron chi connectivity index (χ2n) is 8.05. The maximum atomic E-state index is 12.8. The van der Waals surface area contributed by atoms with Gasteiger partial charge in [0.25, 0.3) is 5.91 Å². The van der Waals surface area contributed by atoms with Gasteiger partial charge in [-0.05, 0) is 50.1 Å². The third-order valence-electron chi connectivity index (χ3n) is 5.65. The van der Waals surface area contributed by atoms with Crippen molar-refractivity contribution in [3.8, 4) is 11.5 Å². The van der Waals surface area contributed by atoms with E-state index in [2.05, 4.69) is 51.0 Å². The zero-order valence-corrected chi connectivity index (χ0v) is 18.8. The van der Waals surface area contributed by atoms with E-state index in [9.17, 15) is 13.6 Å². The van der Waals surface area contributed by atoms with Gasteiger partial charge in [-0.2, -0.15) is 8.78 Å². The molecule has 1 saturated heterocycles. The molecule has 8 heteroatoms. The highest BCUT2D eigenvalue weighted by atomic mass is 19.3. The van der Waals surface area contributed by atoms with Crippen molar-refractivity contribution in [2.75, 3.05) is 44.7 Å². The molecule has 0 saturated carbocycles. The number of alkyl halides is 2. The Morgan fingerprint density at radius 2 is 1.84 bits per heavy atom. The van der Waals surface area contributed by atoms with E-state index < -0.39 is 12.5 Å². The summed E-state index contributed by atoms with van der Waals surface area (Å²) in [7, 11) is 1.34. The maximum absolute atomic E-state index is 12.8. The molecule has 1 atom stereocenters. The summed E-state index contributed by atoms with van der Waals surface area (Å²) in [6.07, 6.45) is 0.755. The summed E-state index contributed by atoms with van der Waals surface area (Å²) in [5.41, 5.74) is 2.54. The maximum Gasteiger partial charge on any atom is 0.387 e. The van der Waals surface area contributed by atoms with Crippen molar-refractivity contribution >= 4 is 11.6 Å². The molecule has 1 unspecified atom stereocenters. The monoisotopic (exact) mass is 447 g/mol. The van der Waals surface area contributed by atoms with Crippen LogP contribution in [-0.2, 0) is 0 Å². The molecule has 1 fully saturated rings. The van der Waals surface area contributed by atoms with Crippen LogP contribution >= 0.6 is 0 Å². The number of piperazine rings is 1. The topological polar surface area (TPSA) is 54.0 Å². The van der Waals surface area contributed by atoms with Crippen molar-refractivity contribution in [2.45, 2.75) is 32.9 Å². The molecular formula is C24H31F2N3O3. The highest BCUT2D eigenvalue weighted by molar-refractivity contribution is 5.98. The van der Waals surface area contributed by atoms with Gasteiger partial charge in [0.05, 0.1) is 12.7 Å². The van der Waals surface area contributed by atoms with E-state index >= 15 is 0 Å². The Bertz CT molecular complexity index is 902. The van der Waals surface area contributed by atoms with Gasteiger partial charge in [0.15, 0.2) is 11.5 Å². The van der Waals surface area contributed by atoms with Crippen LogP contribution in [0.15, 0.2) is 42.5 Å². The first-order chi connectivity index (χ1) is 15.4. The van der Waals surface area contributed by atoms with Gasteiger partial charge in [-0.3, -0.25) is 9.69 Å². The van der Waals surface area contributed by atoms with Gasteiger partial charge in [0.1, 0.15) is 0 Å². The second kappa shape index (κ2) is 11.1. The predicted molar refractivity (Wildman–Crippen MR) is 121 cm³/mol. The molecular weight excluding hydrogens is 416 g/mol. The quantitative estimate of drug-likeness (QED) is 0.631. The third kappa shape index (κ3) is 6.32. The number of amides is 1. The standard InChI is InChI=1S/C24H31F2N3O3/c1-17-6-4-7-19(16-17)29-14-12-28(13-15-29)11-10-18(2)27-23(30)20-8-5-9-21(31-3)22(20)32-24(25)26/h4-9,16,18,24H,10-15H2,1-3H3,(H,27,30). The van der Waals surface area contributed by atoms with E-state index in [4.69, 9.17) is 4.74 Å². The number of carbonyl (C=O) groups excluding carboxylic acids is 1. The molecule has 2 aromatic carbocycles. The molecule has 0 spiro atoms. The summed E-state index contributed by atoms with van der Waals surface area (Å²) >= 11 is 0. The Morgan fingerprint density at radius 1 is 1.12 bits per heavy atom. The summed E-state index contributed by atoms with van der Waals surface area (Å²) in [4.78, 5) is 17.5. The first-order valence-corrected chi connectivity index (χ1v) is 10.8. The number of carbonyl (C=O) groups is 1. The molecule has 1 aliphatic rings. The van der Waals surface area contributed by atoms with Gasteiger partial charge in [-0.25, -0.2) is 0 Å². The number of para-hydroxylation sites is 1. The van der Waals surface area contributed by atoms with Gasteiger partial charge < -0.3 is 19.7 Å². The van der Waals surface area contributed by atoms with Crippen LogP contribution in [0, 0.1) is 6.92 Å². The normalized spacial score (nSPS) is 15.5. The lowest BCUT2D eigenvalue weighted by molar-refractivity contribution is -0.0515. The SMILES string of the molecule is COc1cccc(C(=O)NC(C)CCN2CCN(c3cccc(C)c3)CC2)c1OC(F)F. The molecule has 6 nitrogen and oxygen atoms in total. The smallest absolute Gasteiger partial charge is 0.387 e. The van der Waals surface area contributed by atoms with E-state index in [0.717, 1.165) is 39.1 Å². The van der Waals surface area contributed by atoms with Crippen LogP contribution in [0.4, 0.5) is 14.5 Å². The fourth-order valence-corrected chi connectivity index (χ4v) is 3.87. The summed E-state index contributed by atoms with van der Waals surface area (Å²) < 4.78 is 35.2. The molecule has 1 heterocycles. The Morgan fingerprint density at radius 3 is 2.50 bits per heavy atom. The highest BCUT2D eigenvalue weighted by Gasteiger charge is 2.22. The number of nitrogens with zero attached hydrogens (tertiary/aromatic N) is 2. The number of nitrogens with one attached hydrogen (secondary N) is 1. The van der Waals surface area contributed by atoms with Crippen molar-refractivity contribution < 1.29 is 23.0 Å². The molecule has 32 heavy (non-hydrogen) atoms. The van der Waals surface area contributed by atoms with Gasteiger partial charge in [0, 0.05) is 44.5 Å². The van der Waals surface area contributed by atoms with Crippen molar-refractivity contribution in [1.82, 2.24) is 10.2 Å². The minimum absolute atomic E-state index is 0.0308. The molecule has 174 valence electrons. The van der Waals surface area contributed by atoms with Crippen molar-refractivity contribution in [2.24, 2.45) is 0 Å². The summed E-state index contributed by atoms with van der Waals surface area (Å²) in [6, 6.07) is 12.9. The Balaban J connectivity index is 1.49. The van der Waals surface area contributed by atoms with E-state index in [-0.39, 0.29) is 23.1 Å². The number of hydrogen-bond donors (Lipinski definition) is 1. The van der Waals surface area contributed by atoms with Crippen LogP contribution in [0.25, 0.3) is 0 Å². The van der Waals surface area contributed by atoms with Gasteiger partial charge in [-0.15, -0.1) is 0 Å².